The number of amides is 1. The van der Waals surface area contributed by atoms with Crippen LogP contribution < -0.4 is 4.74 Å². The topological polar surface area (TPSA) is 60.2 Å². The fourth-order valence-corrected chi connectivity index (χ4v) is 2.94. The maximum atomic E-state index is 12.7. The van der Waals surface area contributed by atoms with Crippen LogP contribution >= 0.6 is 0 Å². The molecule has 1 amide bonds. The first-order valence-corrected chi connectivity index (χ1v) is 8.70. The zero-order chi connectivity index (χ0) is 16.8. The molecule has 1 aromatic carbocycles. The number of carbonyl (C=O) groups excluding carboxylic acids is 1. The van der Waals surface area contributed by atoms with Crippen molar-refractivity contribution in [2.45, 2.75) is 45.1 Å². The molecule has 0 saturated carbocycles. The van der Waals surface area contributed by atoms with Crippen LogP contribution in [-0.2, 0) is 4.79 Å². The third-order valence-corrected chi connectivity index (χ3v) is 4.30. The van der Waals surface area contributed by atoms with Crippen molar-refractivity contribution in [2.24, 2.45) is 0 Å². The molecule has 0 N–H and O–H groups in total. The molecule has 1 aliphatic rings. The van der Waals surface area contributed by atoms with Gasteiger partial charge in [-0.2, -0.15) is 4.98 Å². The molecule has 0 aliphatic carbocycles. The van der Waals surface area contributed by atoms with E-state index in [2.05, 4.69) is 10.1 Å². The van der Waals surface area contributed by atoms with Crippen LogP contribution in [0, 0.1) is 0 Å². The van der Waals surface area contributed by atoms with Crippen molar-refractivity contribution in [2.75, 3.05) is 13.1 Å². The quantitative estimate of drug-likeness (QED) is 0.847. The molecular formula is C18H24N4O2. The lowest BCUT2D eigenvalue weighted by atomic mass is 10.2. The summed E-state index contributed by atoms with van der Waals surface area (Å²) in [6.07, 6.45) is 6.24. The molecular weight excluding hydrogens is 304 g/mol. The second-order valence-corrected chi connectivity index (χ2v) is 6.06. The molecule has 1 aromatic heterocycles. The third-order valence-electron chi connectivity index (χ3n) is 4.30. The van der Waals surface area contributed by atoms with Gasteiger partial charge in [0.1, 0.15) is 6.33 Å². The zero-order valence-electron chi connectivity index (χ0n) is 14.1. The van der Waals surface area contributed by atoms with Crippen molar-refractivity contribution in [1.82, 2.24) is 19.7 Å². The van der Waals surface area contributed by atoms with Gasteiger partial charge in [0.25, 0.3) is 5.91 Å². The number of likely N-dealkylation sites (tertiary alicyclic amines) is 1. The average molecular weight is 328 g/mol. The van der Waals surface area contributed by atoms with Crippen molar-refractivity contribution < 1.29 is 9.53 Å². The van der Waals surface area contributed by atoms with E-state index in [1.165, 1.54) is 12.8 Å². The number of aromatic nitrogens is 3. The molecule has 3 rings (SSSR count). The first kappa shape index (κ1) is 16.5. The van der Waals surface area contributed by atoms with E-state index >= 15 is 0 Å². The van der Waals surface area contributed by atoms with Gasteiger partial charge in [-0.25, -0.2) is 4.68 Å². The van der Waals surface area contributed by atoms with E-state index in [4.69, 9.17) is 4.74 Å². The van der Waals surface area contributed by atoms with Crippen LogP contribution in [0.3, 0.4) is 0 Å². The Morgan fingerprint density at radius 1 is 1.17 bits per heavy atom. The third kappa shape index (κ3) is 3.93. The van der Waals surface area contributed by atoms with E-state index in [-0.39, 0.29) is 11.9 Å². The van der Waals surface area contributed by atoms with Gasteiger partial charge in [0, 0.05) is 13.1 Å². The number of carbonyl (C=O) groups is 1. The van der Waals surface area contributed by atoms with Gasteiger partial charge in [-0.15, -0.1) is 5.10 Å². The number of ether oxygens (including phenoxy) is 1. The number of benzene rings is 1. The van der Waals surface area contributed by atoms with Crippen LogP contribution in [0.2, 0.25) is 0 Å². The van der Waals surface area contributed by atoms with Gasteiger partial charge >= 0.3 is 6.01 Å². The maximum absolute atomic E-state index is 12.7. The Balaban J connectivity index is 1.67. The molecule has 6 nitrogen and oxygen atoms in total. The molecule has 6 heteroatoms. The first-order valence-electron chi connectivity index (χ1n) is 8.70. The van der Waals surface area contributed by atoms with Gasteiger partial charge in [-0.05, 0) is 31.4 Å². The lowest BCUT2D eigenvalue weighted by molar-refractivity contribution is -0.139. The summed E-state index contributed by atoms with van der Waals surface area (Å²) in [6.45, 7) is 3.60. The van der Waals surface area contributed by atoms with Crippen molar-refractivity contribution in [1.29, 1.82) is 0 Å². The van der Waals surface area contributed by atoms with Crippen molar-refractivity contribution in [3.8, 4) is 11.7 Å². The molecule has 0 bridgehead atoms. The maximum Gasteiger partial charge on any atom is 0.336 e. The number of rotatable bonds is 5. The summed E-state index contributed by atoms with van der Waals surface area (Å²) >= 11 is 0. The van der Waals surface area contributed by atoms with Gasteiger partial charge in [0.15, 0.2) is 6.10 Å². The standard InChI is InChI=1S/C18H24N4O2/c1-2-16(17(23)21-12-8-3-4-9-13-21)24-18-19-14-22(20-18)15-10-6-5-7-11-15/h5-7,10-11,14,16H,2-4,8-9,12-13H2,1H3. The molecule has 1 saturated heterocycles. The summed E-state index contributed by atoms with van der Waals surface area (Å²) in [7, 11) is 0. The monoisotopic (exact) mass is 328 g/mol. The largest absolute Gasteiger partial charge is 0.449 e. The van der Waals surface area contributed by atoms with Gasteiger partial charge in [-0.3, -0.25) is 4.79 Å². The highest BCUT2D eigenvalue weighted by molar-refractivity contribution is 5.81. The second kappa shape index (κ2) is 7.95. The van der Waals surface area contributed by atoms with Crippen LogP contribution in [0.4, 0.5) is 0 Å². The number of hydrogen-bond donors (Lipinski definition) is 0. The average Bonchev–Trinajstić information content (AvgIpc) is 2.92. The summed E-state index contributed by atoms with van der Waals surface area (Å²) in [5.41, 5.74) is 0.909. The van der Waals surface area contributed by atoms with Gasteiger partial charge in [-0.1, -0.05) is 38.0 Å². The highest BCUT2D eigenvalue weighted by atomic mass is 16.5. The number of para-hydroxylation sites is 1. The highest BCUT2D eigenvalue weighted by Crippen LogP contribution is 2.15. The van der Waals surface area contributed by atoms with E-state index in [0.717, 1.165) is 31.6 Å². The number of hydrogen-bond acceptors (Lipinski definition) is 4. The molecule has 1 aliphatic heterocycles. The predicted molar refractivity (Wildman–Crippen MR) is 91.1 cm³/mol. The first-order chi connectivity index (χ1) is 11.8. The molecule has 0 radical (unpaired) electrons. The van der Waals surface area contributed by atoms with E-state index < -0.39 is 6.10 Å². The molecule has 24 heavy (non-hydrogen) atoms. The molecule has 2 heterocycles. The van der Waals surface area contributed by atoms with E-state index in [0.29, 0.717) is 6.42 Å². The Morgan fingerprint density at radius 2 is 1.88 bits per heavy atom. The lowest BCUT2D eigenvalue weighted by Crippen LogP contribution is -2.42. The fourth-order valence-electron chi connectivity index (χ4n) is 2.94. The normalized spacial score (nSPS) is 16.5. The zero-order valence-corrected chi connectivity index (χ0v) is 14.1. The second-order valence-electron chi connectivity index (χ2n) is 6.06. The summed E-state index contributed by atoms with van der Waals surface area (Å²) in [5.74, 6) is 0.0514. The Bertz CT molecular complexity index is 648. The minimum Gasteiger partial charge on any atom is -0.449 e. The van der Waals surface area contributed by atoms with E-state index in [1.807, 2.05) is 42.2 Å². The Labute approximate surface area is 142 Å². The predicted octanol–water partition coefficient (Wildman–Crippen LogP) is 2.83. The van der Waals surface area contributed by atoms with Gasteiger partial charge in [0.2, 0.25) is 0 Å². The van der Waals surface area contributed by atoms with E-state index in [9.17, 15) is 4.79 Å². The molecule has 1 unspecified atom stereocenters. The van der Waals surface area contributed by atoms with Crippen LogP contribution in [-0.4, -0.2) is 44.8 Å². The van der Waals surface area contributed by atoms with Crippen LogP contribution in [0.15, 0.2) is 36.7 Å². The number of nitrogens with zero attached hydrogens (tertiary/aromatic N) is 4. The minimum absolute atomic E-state index is 0.0514. The van der Waals surface area contributed by atoms with Crippen molar-refractivity contribution in [3.05, 3.63) is 36.7 Å². The van der Waals surface area contributed by atoms with Crippen LogP contribution in [0.1, 0.15) is 39.0 Å². The smallest absolute Gasteiger partial charge is 0.336 e. The van der Waals surface area contributed by atoms with Crippen LogP contribution in [0.5, 0.6) is 6.01 Å². The van der Waals surface area contributed by atoms with Gasteiger partial charge < -0.3 is 9.64 Å². The fraction of sp³-hybridized carbons (Fsp3) is 0.500. The molecule has 2 aromatic rings. The van der Waals surface area contributed by atoms with Gasteiger partial charge in [0.05, 0.1) is 5.69 Å². The Morgan fingerprint density at radius 3 is 2.54 bits per heavy atom. The summed E-state index contributed by atoms with van der Waals surface area (Å²) in [4.78, 5) is 18.8. The van der Waals surface area contributed by atoms with E-state index in [1.54, 1.807) is 11.0 Å². The Kier molecular flexibility index (Phi) is 5.46. The van der Waals surface area contributed by atoms with Crippen LogP contribution in [0.25, 0.3) is 5.69 Å². The minimum atomic E-state index is -0.519. The summed E-state index contributed by atoms with van der Waals surface area (Å²) in [6, 6.07) is 9.96. The molecule has 1 atom stereocenters. The van der Waals surface area contributed by atoms with Crippen molar-refractivity contribution in [3.63, 3.8) is 0 Å². The SMILES string of the molecule is CCC(Oc1ncn(-c2ccccc2)n1)C(=O)N1CCCCCC1. The van der Waals surface area contributed by atoms with Crippen molar-refractivity contribution >= 4 is 5.91 Å². The Hall–Kier alpha value is -2.37. The summed E-state index contributed by atoms with van der Waals surface area (Å²) < 4.78 is 7.44. The summed E-state index contributed by atoms with van der Waals surface area (Å²) in [5, 5.41) is 4.33. The molecule has 1 fully saturated rings. The molecule has 0 spiro atoms. The lowest BCUT2D eigenvalue weighted by Gasteiger charge is -2.24. The highest BCUT2D eigenvalue weighted by Gasteiger charge is 2.26. The molecule has 128 valence electrons.